The molecule has 0 aliphatic heterocycles. The summed E-state index contributed by atoms with van der Waals surface area (Å²) in [6.45, 7) is 2.39. The van der Waals surface area contributed by atoms with E-state index < -0.39 is 7.82 Å². The Hall–Kier alpha value is 0.707. The molecule has 2 N–H and O–H groups in total. The molecule has 6 heteroatoms. The Morgan fingerprint density at radius 1 is 0.833 bits per heavy atom. The van der Waals surface area contributed by atoms with Gasteiger partial charge in [0.1, 0.15) is 0 Å². The molecule has 0 spiro atoms. The van der Waals surface area contributed by atoms with Crippen molar-refractivity contribution in [1.29, 1.82) is 0 Å². The van der Waals surface area contributed by atoms with E-state index >= 15 is 0 Å². The molecular formula is C12H28LiO4P. The first-order valence-corrected chi connectivity index (χ1v) is 8.29. The first-order chi connectivity index (χ1) is 8.06. The monoisotopic (exact) mass is 274 g/mol. The quantitative estimate of drug-likeness (QED) is 0.325. The summed E-state index contributed by atoms with van der Waals surface area (Å²) in [4.78, 5) is 16.9. The molecule has 0 radical (unpaired) electrons. The Balaban J connectivity index is 0. The van der Waals surface area contributed by atoms with Crippen LogP contribution < -0.4 is 0 Å². The summed E-state index contributed by atoms with van der Waals surface area (Å²) in [5.74, 6) is 0. The first-order valence-electron chi connectivity index (χ1n) is 6.76. The van der Waals surface area contributed by atoms with Crippen molar-refractivity contribution in [2.75, 3.05) is 6.61 Å². The van der Waals surface area contributed by atoms with E-state index in [9.17, 15) is 4.57 Å². The van der Waals surface area contributed by atoms with Crippen molar-refractivity contribution in [1.82, 2.24) is 0 Å². The third-order valence-corrected chi connectivity index (χ3v) is 3.28. The molecule has 0 amide bonds. The normalized spacial score (nSPS) is 11.3. The van der Waals surface area contributed by atoms with E-state index in [1.165, 1.54) is 44.9 Å². The summed E-state index contributed by atoms with van der Waals surface area (Å²) >= 11 is 0. The molecule has 18 heavy (non-hydrogen) atoms. The minimum absolute atomic E-state index is 0. The zero-order valence-electron chi connectivity index (χ0n) is 10.9. The number of phosphoric ester groups is 1. The van der Waals surface area contributed by atoms with Crippen LogP contribution in [0.1, 0.15) is 71.1 Å². The topological polar surface area (TPSA) is 66.8 Å². The van der Waals surface area contributed by atoms with Crippen molar-refractivity contribution in [3.8, 4) is 0 Å². The first kappa shape index (κ1) is 21.0. The van der Waals surface area contributed by atoms with Gasteiger partial charge >= 0.3 is 26.7 Å². The van der Waals surface area contributed by atoms with E-state index in [1.54, 1.807) is 0 Å². The predicted molar refractivity (Wildman–Crippen MR) is 77.0 cm³/mol. The van der Waals surface area contributed by atoms with Crippen molar-refractivity contribution in [2.45, 2.75) is 71.1 Å². The van der Waals surface area contributed by atoms with Crippen LogP contribution in [0.3, 0.4) is 0 Å². The zero-order valence-corrected chi connectivity index (χ0v) is 11.8. The molecule has 0 aromatic carbocycles. The van der Waals surface area contributed by atoms with Crippen LogP contribution in [0, 0.1) is 0 Å². The van der Waals surface area contributed by atoms with Gasteiger partial charge in [-0.25, -0.2) is 4.57 Å². The van der Waals surface area contributed by atoms with Crippen LogP contribution in [0.15, 0.2) is 0 Å². The maximum atomic E-state index is 10.4. The van der Waals surface area contributed by atoms with E-state index in [-0.39, 0.29) is 25.5 Å². The van der Waals surface area contributed by atoms with Gasteiger partial charge in [0, 0.05) is 0 Å². The van der Waals surface area contributed by atoms with Crippen molar-refractivity contribution in [2.24, 2.45) is 0 Å². The summed E-state index contributed by atoms with van der Waals surface area (Å²) in [5, 5.41) is 0. The number of rotatable bonds is 12. The molecule has 0 aromatic heterocycles. The maximum absolute atomic E-state index is 10.4. The van der Waals surface area contributed by atoms with Crippen LogP contribution in [-0.2, 0) is 9.09 Å². The minimum atomic E-state index is -4.24. The standard InChI is InChI=1S/C12H27O4P.Li.H/c1-2-3-4-5-6-7-8-9-10-11-12-16-17(13,14)15;;/h2-12H2,1H3,(H2,13,14,15);;. The van der Waals surface area contributed by atoms with Gasteiger partial charge < -0.3 is 9.79 Å². The van der Waals surface area contributed by atoms with E-state index in [4.69, 9.17) is 9.79 Å². The molecule has 0 fully saturated rings. The van der Waals surface area contributed by atoms with Crippen molar-refractivity contribution < 1.29 is 18.9 Å². The van der Waals surface area contributed by atoms with E-state index in [0.717, 1.165) is 19.3 Å². The molecule has 0 atom stereocenters. The Bertz CT molecular complexity index is 208. The van der Waals surface area contributed by atoms with Crippen LogP contribution in [0.5, 0.6) is 0 Å². The van der Waals surface area contributed by atoms with Crippen LogP contribution in [-0.4, -0.2) is 35.3 Å². The number of unbranched alkanes of at least 4 members (excludes halogenated alkanes) is 9. The molecule has 0 unspecified atom stereocenters. The van der Waals surface area contributed by atoms with E-state index in [2.05, 4.69) is 11.4 Å². The second kappa shape index (κ2) is 14.1. The van der Waals surface area contributed by atoms with Gasteiger partial charge in [-0.1, -0.05) is 64.7 Å². The summed E-state index contributed by atoms with van der Waals surface area (Å²) in [5.41, 5.74) is 0. The molecule has 4 nitrogen and oxygen atoms in total. The molecule has 0 saturated heterocycles. The molecule has 0 aliphatic carbocycles. The Morgan fingerprint density at radius 2 is 1.22 bits per heavy atom. The molecular weight excluding hydrogens is 246 g/mol. The Morgan fingerprint density at radius 3 is 1.61 bits per heavy atom. The van der Waals surface area contributed by atoms with E-state index in [0.29, 0.717) is 0 Å². The van der Waals surface area contributed by atoms with Gasteiger partial charge in [0.05, 0.1) is 6.61 Å². The van der Waals surface area contributed by atoms with Gasteiger partial charge in [-0.15, -0.1) is 0 Å². The van der Waals surface area contributed by atoms with Crippen LogP contribution >= 0.6 is 7.82 Å². The van der Waals surface area contributed by atoms with Gasteiger partial charge in [-0.05, 0) is 6.42 Å². The van der Waals surface area contributed by atoms with Gasteiger partial charge in [0.2, 0.25) is 0 Å². The summed E-state index contributed by atoms with van der Waals surface area (Å²) in [6.07, 6.45) is 12.0. The SMILES string of the molecule is CCCCCCCCCCCCOP(=O)(O)O.[LiH]. The van der Waals surface area contributed by atoms with Gasteiger partial charge in [0.15, 0.2) is 0 Å². The molecule has 0 bridgehead atoms. The molecule has 0 aliphatic rings. The zero-order chi connectivity index (χ0) is 13.0. The Kier molecular flexibility index (Phi) is 16.5. The van der Waals surface area contributed by atoms with Gasteiger partial charge in [-0.3, -0.25) is 4.52 Å². The number of hydrogen-bond donors (Lipinski definition) is 2. The fourth-order valence-corrected chi connectivity index (χ4v) is 2.14. The third kappa shape index (κ3) is 19.1. The van der Waals surface area contributed by atoms with Crippen molar-refractivity contribution in [3.05, 3.63) is 0 Å². The van der Waals surface area contributed by atoms with Crippen molar-refractivity contribution >= 4 is 26.7 Å². The average Bonchev–Trinajstić information content (AvgIpc) is 2.24. The molecule has 0 saturated carbocycles. The molecule has 0 rings (SSSR count). The Labute approximate surface area is 123 Å². The van der Waals surface area contributed by atoms with E-state index in [1.807, 2.05) is 0 Å². The number of phosphoric acid groups is 1. The fourth-order valence-electron chi connectivity index (χ4n) is 1.77. The number of hydrogen-bond acceptors (Lipinski definition) is 2. The summed E-state index contributed by atoms with van der Waals surface area (Å²) in [6, 6.07) is 0. The molecule has 0 aromatic rings. The predicted octanol–water partition coefficient (Wildman–Crippen LogP) is 3.37. The second-order valence-corrected chi connectivity index (χ2v) is 5.75. The van der Waals surface area contributed by atoms with Gasteiger partial charge in [0.25, 0.3) is 0 Å². The summed E-state index contributed by atoms with van der Waals surface area (Å²) < 4.78 is 14.7. The fraction of sp³-hybridized carbons (Fsp3) is 1.00. The molecule has 0 heterocycles. The van der Waals surface area contributed by atoms with Crippen LogP contribution in [0.4, 0.5) is 0 Å². The summed E-state index contributed by atoms with van der Waals surface area (Å²) in [7, 11) is -4.24. The van der Waals surface area contributed by atoms with Crippen LogP contribution in [0.25, 0.3) is 0 Å². The van der Waals surface area contributed by atoms with Gasteiger partial charge in [-0.2, -0.15) is 0 Å². The van der Waals surface area contributed by atoms with Crippen LogP contribution in [0.2, 0.25) is 0 Å². The third-order valence-electron chi connectivity index (χ3n) is 2.76. The average molecular weight is 274 g/mol. The van der Waals surface area contributed by atoms with Crippen molar-refractivity contribution in [3.63, 3.8) is 0 Å². The molecule has 106 valence electrons. The second-order valence-electron chi connectivity index (χ2n) is 4.51.